The first-order valence-electron chi connectivity index (χ1n) is 6.48. The van der Waals surface area contributed by atoms with Gasteiger partial charge in [-0.2, -0.15) is 0 Å². The highest BCUT2D eigenvalue weighted by molar-refractivity contribution is 5.93. The molecule has 1 amide bonds. The number of amides is 1. The summed E-state index contributed by atoms with van der Waals surface area (Å²) < 4.78 is 13.4. The van der Waals surface area contributed by atoms with Gasteiger partial charge in [-0.05, 0) is 25.0 Å². The van der Waals surface area contributed by atoms with Gasteiger partial charge in [-0.15, -0.1) is 0 Å². The molecule has 20 heavy (non-hydrogen) atoms. The maximum absolute atomic E-state index is 13.4. The molecule has 110 valence electrons. The van der Waals surface area contributed by atoms with Crippen molar-refractivity contribution in [1.82, 2.24) is 5.32 Å². The minimum atomic E-state index is -1.13. The fourth-order valence-electron chi connectivity index (χ4n) is 1.88. The first-order valence-corrected chi connectivity index (χ1v) is 6.48. The monoisotopic (exact) mass is 282 g/mol. The normalized spacial score (nSPS) is 11.2. The molecule has 0 saturated carbocycles. The molecule has 3 N–H and O–H groups in total. The molecule has 0 saturated heterocycles. The van der Waals surface area contributed by atoms with Gasteiger partial charge in [0.25, 0.3) is 0 Å². The van der Waals surface area contributed by atoms with Gasteiger partial charge in [0.15, 0.2) is 0 Å². The summed E-state index contributed by atoms with van der Waals surface area (Å²) in [6.07, 6.45) is 0.706. The second-order valence-corrected chi connectivity index (χ2v) is 4.48. The molecule has 0 bridgehead atoms. The molecule has 0 fully saturated rings. The maximum atomic E-state index is 13.4. The molecular weight excluding hydrogens is 263 g/mol. The SMILES string of the molecule is CCC(CC)(NCC(=O)Nc1ccccc1F)C(=O)O. The van der Waals surface area contributed by atoms with Crippen LogP contribution in [0.2, 0.25) is 0 Å². The lowest BCUT2D eigenvalue weighted by molar-refractivity contribution is -0.145. The van der Waals surface area contributed by atoms with E-state index in [4.69, 9.17) is 0 Å². The largest absolute Gasteiger partial charge is 0.480 e. The number of carboxylic acids is 1. The number of anilines is 1. The van der Waals surface area contributed by atoms with Gasteiger partial charge in [0, 0.05) is 0 Å². The van der Waals surface area contributed by atoms with Gasteiger partial charge in [0.1, 0.15) is 11.4 Å². The third-order valence-electron chi connectivity index (χ3n) is 3.35. The van der Waals surface area contributed by atoms with Gasteiger partial charge in [-0.3, -0.25) is 14.9 Å². The number of hydrogen-bond acceptors (Lipinski definition) is 3. The number of hydrogen-bond donors (Lipinski definition) is 3. The van der Waals surface area contributed by atoms with Crippen LogP contribution in [0.5, 0.6) is 0 Å². The molecule has 0 aliphatic carbocycles. The Labute approximate surface area is 117 Å². The Morgan fingerprint density at radius 2 is 1.85 bits per heavy atom. The Kier molecular flexibility index (Phi) is 5.64. The van der Waals surface area contributed by atoms with Crippen molar-refractivity contribution in [3.05, 3.63) is 30.1 Å². The topological polar surface area (TPSA) is 78.4 Å². The Balaban J connectivity index is 2.63. The summed E-state index contributed by atoms with van der Waals surface area (Å²) in [6.45, 7) is 3.28. The van der Waals surface area contributed by atoms with Gasteiger partial charge >= 0.3 is 5.97 Å². The van der Waals surface area contributed by atoms with E-state index in [2.05, 4.69) is 10.6 Å². The van der Waals surface area contributed by atoms with E-state index in [0.29, 0.717) is 12.8 Å². The van der Waals surface area contributed by atoms with Crippen molar-refractivity contribution in [2.45, 2.75) is 32.2 Å². The number of carboxylic acid groups (broad SMARTS) is 1. The Morgan fingerprint density at radius 1 is 1.25 bits per heavy atom. The van der Waals surface area contributed by atoms with E-state index >= 15 is 0 Å². The lowest BCUT2D eigenvalue weighted by atomic mass is 9.93. The van der Waals surface area contributed by atoms with Crippen LogP contribution in [0.25, 0.3) is 0 Å². The first-order chi connectivity index (χ1) is 9.45. The van der Waals surface area contributed by atoms with E-state index < -0.39 is 23.2 Å². The highest BCUT2D eigenvalue weighted by atomic mass is 19.1. The molecule has 0 atom stereocenters. The van der Waals surface area contributed by atoms with Crippen molar-refractivity contribution in [3.63, 3.8) is 0 Å². The molecule has 1 aromatic rings. The minimum absolute atomic E-state index is 0.0771. The minimum Gasteiger partial charge on any atom is -0.480 e. The Bertz CT molecular complexity index is 487. The van der Waals surface area contributed by atoms with Crippen molar-refractivity contribution >= 4 is 17.6 Å². The Morgan fingerprint density at radius 3 is 2.35 bits per heavy atom. The van der Waals surface area contributed by atoms with Crippen molar-refractivity contribution < 1.29 is 19.1 Å². The Hall–Kier alpha value is -1.95. The summed E-state index contributed by atoms with van der Waals surface area (Å²) in [7, 11) is 0. The molecule has 0 heterocycles. The van der Waals surface area contributed by atoms with Gasteiger partial charge in [0.2, 0.25) is 5.91 Å². The molecule has 0 aliphatic rings. The van der Waals surface area contributed by atoms with Gasteiger partial charge in [-0.25, -0.2) is 4.39 Å². The van der Waals surface area contributed by atoms with E-state index in [-0.39, 0.29) is 12.2 Å². The molecule has 1 rings (SSSR count). The fourth-order valence-corrected chi connectivity index (χ4v) is 1.88. The zero-order valence-electron chi connectivity index (χ0n) is 11.6. The number of para-hydroxylation sites is 1. The van der Waals surface area contributed by atoms with E-state index in [1.165, 1.54) is 18.2 Å². The van der Waals surface area contributed by atoms with Crippen LogP contribution in [-0.4, -0.2) is 29.1 Å². The summed E-state index contributed by atoms with van der Waals surface area (Å²) in [5, 5.41) is 14.4. The highest BCUT2D eigenvalue weighted by Gasteiger charge is 2.34. The summed E-state index contributed by atoms with van der Waals surface area (Å²) >= 11 is 0. The van der Waals surface area contributed by atoms with Gasteiger partial charge in [-0.1, -0.05) is 26.0 Å². The quantitative estimate of drug-likeness (QED) is 0.714. The molecule has 0 unspecified atom stereocenters. The van der Waals surface area contributed by atoms with Gasteiger partial charge in [0.05, 0.1) is 12.2 Å². The van der Waals surface area contributed by atoms with Crippen LogP contribution in [0.3, 0.4) is 0 Å². The maximum Gasteiger partial charge on any atom is 0.323 e. The first kappa shape index (κ1) is 16.1. The third kappa shape index (κ3) is 3.77. The third-order valence-corrected chi connectivity index (χ3v) is 3.35. The molecule has 0 aliphatic heterocycles. The molecular formula is C14H19FN2O3. The zero-order valence-corrected chi connectivity index (χ0v) is 11.6. The number of benzene rings is 1. The van der Waals surface area contributed by atoms with Crippen LogP contribution < -0.4 is 10.6 Å². The predicted octanol–water partition coefficient (Wildman–Crippen LogP) is 2.00. The lowest BCUT2D eigenvalue weighted by Crippen LogP contribution is -2.53. The second kappa shape index (κ2) is 7.00. The van der Waals surface area contributed by atoms with Crippen LogP contribution in [0.15, 0.2) is 24.3 Å². The number of carbonyl (C=O) groups is 2. The summed E-state index contributed by atoms with van der Waals surface area (Å²) in [5.41, 5.74) is -1.06. The molecule has 0 aromatic heterocycles. The zero-order chi connectivity index (χ0) is 15.2. The second-order valence-electron chi connectivity index (χ2n) is 4.48. The van der Waals surface area contributed by atoms with Crippen molar-refractivity contribution in [2.24, 2.45) is 0 Å². The fraction of sp³-hybridized carbons (Fsp3) is 0.429. The molecule has 1 aromatic carbocycles. The van der Waals surface area contributed by atoms with Crippen LogP contribution >= 0.6 is 0 Å². The molecule has 6 heteroatoms. The van der Waals surface area contributed by atoms with Crippen LogP contribution in [0.1, 0.15) is 26.7 Å². The summed E-state index contributed by atoms with van der Waals surface area (Å²) in [5.74, 6) is -2.01. The van der Waals surface area contributed by atoms with Crippen molar-refractivity contribution in [2.75, 3.05) is 11.9 Å². The molecule has 0 spiro atoms. The summed E-state index contributed by atoms with van der Waals surface area (Å²) in [6, 6.07) is 5.80. The number of nitrogens with one attached hydrogen (secondary N) is 2. The van der Waals surface area contributed by atoms with Crippen LogP contribution in [-0.2, 0) is 9.59 Å². The van der Waals surface area contributed by atoms with Crippen molar-refractivity contribution in [1.29, 1.82) is 0 Å². The number of carbonyl (C=O) groups excluding carboxylic acids is 1. The smallest absolute Gasteiger partial charge is 0.323 e. The van der Waals surface area contributed by atoms with E-state index in [1.807, 2.05) is 0 Å². The number of aliphatic carboxylic acids is 1. The van der Waals surface area contributed by atoms with E-state index in [0.717, 1.165) is 0 Å². The predicted molar refractivity (Wildman–Crippen MR) is 74.0 cm³/mol. The average Bonchev–Trinajstić information content (AvgIpc) is 2.43. The van der Waals surface area contributed by atoms with Gasteiger partial charge < -0.3 is 10.4 Å². The standard InChI is InChI=1S/C14H19FN2O3/c1-3-14(4-2,13(19)20)16-9-12(18)17-11-8-6-5-7-10(11)15/h5-8,16H,3-4,9H2,1-2H3,(H,17,18)(H,19,20). The van der Waals surface area contributed by atoms with E-state index in [1.54, 1.807) is 19.9 Å². The lowest BCUT2D eigenvalue weighted by Gasteiger charge is -2.27. The average molecular weight is 282 g/mol. The van der Waals surface area contributed by atoms with E-state index in [9.17, 15) is 19.1 Å². The van der Waals surface area contributed by atoms with Crippen LogP contribution in [0, 0.1) is 5.82 Å². The van der Waals surface area contributed by atoms with Crippen LogP contribution in [0.4, 0.5) is 10.1 Å². The number of halogens is 1. The highest BCUT2D eigenvalue weighted by Crippen LogP contribution is 2.15. The summed E-state index contributed by atoms with van der Waals surface area (Å²) in [4.78, 5) is 23.0. The number of rotatable bonds is 7. The molecule has 5 nitrogen and oxygen atoms in total. The molecule has 0 radical (unpaired) electrons. The van der Waals surface area contributed by atoms with Crippen molar-refractivity contribution in [3.8, 4) is 0 Å².